The molecule has 0 aliphatic heterocycles. The molecule has 9 heteroatoms. The largest absolute Gasteiger partial charge is 0.496 e. The van der Waals surface area contributed by atoms with Crippen molar-refractivity contribution in [3.05, 3.63) is 69.8 Å². The molecule has 29 heavy (non-hydrogen) atoms. The third kappa shape index (κ3) is 4.97. The number of amides is 1. The molecule has 0 aliphatic rings. The van der Waals surface area contributed by atoms with Gasteiger partial charge in [-0.15, -0.1) is 0 Å². The summed E-state index contributed by atoms with van der Waals surface area (Å²) in [5, 5.41) is 9.34. The molecule has 1 heterocycles. The van der Waals surface area contributed by atoms with Gasteiger partial charge in [-0.1, -0.05) is 18.2 Å². The van der Waals surface area contributed by atoms with Crippen LogP contribution in [0.2, 0.25) is 0 Å². The number of nitrogens with zero attached hydrogens (tertiary/aromatic N) is 1. The SMILES string of the molecule is COc1ccc(CCNC(=O)c2cn[nH]c2-c2ccc(C(F)(F)F)cc2)cc1Br. The van der Waals surface area contributed by atoms with Crippen molar-refractivity contribution in [1.29, 1.82) is 0 Å². The number of alkyl halides is 3. The zero-order valence-electron chi connectivity index (χ0n) is 15.3. The number of halogens is 4. The molecule has 0 aliphatic carbocycles. The first-order chi connectivity index (χ1) is 13.8. The normalized spacial score (nSPS) is 11.3. The Morgan fingerprint density at radius 2 is 1.93 bits per heavy atom. The van der Waals surface area contributed by atoms with Gasteiger partial charge in [0.25, 0.3) is 5.91 Å². The lowest BCUT2D eigenvalue weighted by atomic mass is 10.1. The first-order valence-corrected chi connectivity index (χ1v) is 9.40. The van der Waals surface area contributed by atoms with E-state index in [1.807, 2.05) is 18.2 Å². The summed E-state index contributed by atoms with van der Waals surface area (Å²) in [6, 6.07) is 10.2. The Morgan fingerprint density at radius 1 is 1.21 bits per heavy atom. The molecule has 5 nitrogen and oxygen atoms in total. The lowest BCUT2D eigenvalue weighted by Gasteiger charge is -2.09. The van der Waals surface area contributed by atoms with Crippen LogP contribution < -0.4 is 10.1 Å². The van der Waals surface area contributed by atoms with Gasteiger partial charge in [-0.2, -0.15) is 18.3 Å². The topological polar surface area (TPSA) is 67.0 Å². The summed E-state index contributed by atoms with van der Waals surface area (Å²) in [5.41, 5.74) is 1.33. The minimum absolute atomic E-state index is 0.265. The van der Waals surface area contributed by atoms with Gasteiger partial charge in [0.2, 0.25) is 0 Å². The number of nitrogens with one attached hydrogen (secondary N) is 2. The molecule has 3 rings (SSSR count). The van der Waals surface area contributed by atoms with Crippen LogP contribution in [0.4, 0.5) is 13.2 Å². The minimum atomic E-state index is -4.41. The van der Waals surface area contributed by atoms with E-state index in [1.54, 1.807) is 7.11 Å². The van der Waals surface area contributed by atoms with Crippen LogP contribution in [-0.4, -0.2) is 29.8 Å². The molecule has 0 atom stereocenters. The van der Waals surface area contributed by atoms with E-state index in [0.717, 1.165) is 27.9 Å². The van der Waals surface area contributed by atoms with Crippen LogP contribution in [0.3, 0.4) is 0 Å². The second-order valence-electron chi connectivity index (χ2n) is 6.21. The highest BCUT2D eigenvalue weighted by molar-refractivity contribution is 9.10. The number of methoxy groups -OCH3 is 1. The minimum Gasteiger partial charge on any atom is -0.496 e. The predicted octanol–water partition coefficient (Wildman–Crippen LogP) is 4.84. The Balaban J connectivity index is 1.65. The van der Waals surface area contributed by atoms with Crippen molar-refractivity contribution in [3.8, 4) is 17.0 Å². The number of benzene rings is 2. The molecule has 0 fully saturated rings. The molecule has 152 valence electrons. The highest BCUT2D eigenvalue weighted by Crippen LogP contribution is 2.31. The van der Waals surface area contributed by atoms with E-state index >= 15 is 0 Å². The molecule has 0 bridgehead atoms. The Morgan fingerprint density at radius 3 is 2.55 bits per heavy atom. The van der Waals surface area contributed by atoms with Crippen LogP contribution in [-0.2, 0) is 12.6 Å². The van der Waals surface area contributed by atoms with Crippen LogP contribution in [0, 0.1) is 0 Å². The van der Waals surface area contributed by atoms with Gasteiger partial charge in [-0.25, -0.2) is 0 Å². The lowest BCUT2D eigenvalue weighted by molar-refractivity contribution is -0.137. The number of H-pyrrole nitrogens is 1. The number of carbonyl (C=O) groups excluding carboxylic acids is 1. The highest BCUT2D eigenvalue weighted by Gasteiger charge is 2.30. The van der Waals surface area contributed by atoms with Crippen molar-refractivity contribution in [1.82, 2.24) is 15.5 Å². The van der Waals surface area contributed by atoms with E-state index in [2.05, 4.69) is 31.4 Å². The first-order valence-electron chi connectivity index (χ1n) is 8.61. The average Bonchev–Trinajstić information content (AvgIpc) is 3.17. The fourth-order valence-electron chi connectivity index (χ4n) is 2.79. The summed E-state index contributed by atoms with van der Waals surface area (Å²) in [4.78, 5) is 12.5. The summed E-state index contributed by atoms with van der Waals surface area (Å²) in [7, 11) is 1.58. The zero-order chi connectivity index (χ0) is 21.0. The Bertz CT molecular complexity index is 1000. The molecular formula is C20H17BrF3N3O2. The Kier molecular flexibility index (Phi) is 6.26. The number of ether oxygens (including phenoxy) is 1. The summed E-state index contributed by atoms with van der Waals surface area (Å²) >= 11 is 3.42. The molecule has 1 aromatic heterocycles. The molecule has 3 aromatic rings. The first kappa shape index (κ1) is 20.9. The smallest absolute Gasteiger partial charge is 0.416 e. The van der Waals surface area contributed by atoms with E-state index in [4.69, 9.17) is 4.74 Å². The number of carbonyl (C=O) groups is 1. The maximum absolute atomic E-state index is 12.7. The van der Waals surface area contributed by atoms with Gasteiger partial charge >= 0.3 is 6.18 Å². The Hall–Kier alpha value is -2.81. The summed E-state index contributed by atoms with van der Waals surface area (Å²) < 4.78 is 44.2. The quantitative estimate of drug-likeness (QED) is 0.544. The number of hydrogen-bond donors (Lipinski definition) is 2. The molecular weight excluding hydrogens is 451 g/mol. The van der Waals surface area contributed by atoms with E-state index in [1.165, 1.54) is 18.3 Å². The van der Waals surface area contributed by atoms with Crippen LogP contribution in [0.25, 0.3) is 11.3 Å². The van der Waals surface area contributed by atoms with Gasteiger partial charge in [-0.3, -0.25) is 9.89 Å². The van der Waals surface area contributed by atoms with Crippen molar-refractivity contribution in [2.75, 3.05) is 13.7 Å². The second kappa shape index (κ2) is 8.69. The molecule has 0 radical (unpaired) electrons. The molecule has 0 unspecified atom stereocenters. The molecule has 0 saturated heterocycles. The van der Waals surface area contributed by atoms with Gasteiger partial charge in [0.15, 0.2) is 0 Å². The van der Waals surface area contributed by atoms with Gasteiger partial charge in [-0.05, 0) is 52.2 Å². The fourth-order valence-corrected chi connectivity index (χ4v) is 3.37. The zero-order valence-corrected chi connectivity index (χ0v) is 16.9. The Labute approximate surface area is 173 Å². The summed E-state index contributed by atoms with van der Waals surface area (Å²) in [6.45, 7) is 0.384. The van der Waals surface area contributed by atoms with Crippen molar-refractivity contribution >= 4 is 21.8 Å². The van der Waals surface area contributed by atoms with Crippen LogP contribution in [0.5, 0.6) is 5.75 Å². The fraction of sp³-hybridized carbons (Fsp3) is 0.200. The van der Waals surface area contributed by atoms with Gasteiger partial charge in [0.05, 0.1) is 34.6 Å². The van der Waals surface area contributed by atoms with Gasteiger partial charge in [0.1, 0.15) is 5.75 Å². The number of rotatable bonds is 6. The molecule has 1 amide bonds. The summed E-state index contributed by atoms with van der Waals surface area (Å²) in [5.74, 6) is 0.360. The number of hydrogen-bond acceptors (Lipinski definition) is 3. The van der Waals surface area contributed by atoms with E-state index in [-0.39, 0.29) is 11.5 Å². The maximum Gasteiger partial charge on any atom is 0.416 e. The van der Waals surface area contributed by atoms with Crippen molar-refractivity contribution in [2.24, 2.45) is 0 Å². The third-order valence-electron chi connectivity index (χ3n) is 4.30. The number of aromatic nitrogens is 2. The van der Waals surface area contributed by atoms with Crippen LogP contribution in [0.1, 0.15) is 21.5 Å². The molecule has 0 spiro atoms. The standard InChI is InChI=1S/C20H17BrF3N3O2/c1-29-17-7-2-12(10-16(17)21)8-9-25-19(28)15-11-26-27-18(15)13-3-5-14(6-4-13)20(22,23)24/h2-7,10-11H,8-9H2,1H3,(H,25,28)(H,26,27). The molecule has 2 aromatic carbocycles. The lowest BCUT2D eigenvalue weighted by Crippen LogP contribution is -2.25. The van der Waals surface area contributed by atoms with Crippen LogP contribution in [0.15, 0.2) is 53.1 Å². The maximum atomic E-state index is 12.7. The number of aromatic amines is 1. The molecule has 0 saturated carbocycles. The second-order valence-corrected chi connectivity index (χ2v) is 7.06. The van der Waals surface area contributed by atoms with E-state index in [9.17, 15) is 18.0 Å². The van der Waals surface area contributed by atoms with Gasteiger partial charge in [0, 0.05) is 12.1 Å². The van der Waals surface area contributed by atoms with Crippen molar-refractivity contribution in [2.45, 2.75) is 12.6 Å². The monoisotopic (exact) mass is 467 g/mol. The predicted molar refractivity (Wildman–Crippen MR) is 106 cm³/mol. The van der Waals surface area contributed by atoms with Gasteiger partial charge < -0.3 is 10.1 Å². The average molecular weight is 468 g/mol. The van der Waals surface area contributed by atoms with Crippen molar-refractivity contribution in [3.63, 3.8) is 0 Å². The summed E-state index contributed by atoms with van der Waals surface area (Å²) in [6.07, 6.45) is -2.46. The highest BCUT2D eigenvalue weighted by atomic mass is 79.9. The van der Waals surface area contributed by atoms with Crippen molar-refractivity contribution < 1.29 is 22.7 Å². The molecule has 2 N–H and O–H groups in total. The van der Waals surface area contributed by atoms with E-state index < -0.39 is 11.7 Å². The van der Waals surface area contributed by atoms with E-state index in [0.29, 0.717) is 24.2 Å². The third-order valence-corrected chi connectivity index (χ3v) is 4.92. The van der Waals surface area contributed by atoms with Crippen LogP contribution >= 0.6 is 15.9 Å².